The highest BCUT2D eigenvalue weighted by Crippen LogP contribution is 2.15. The minimum Gasteiger partial charge on any atom is -0.381 e. The van der Waals surface area contributed by atoms with Crippen LogP contribution >= 0.6 is 0 Å². The highest BCUT2D eigenvalue weighted by atomic mass is 16.5. The van der Waals surface area contributed by atoms with Gasteiger partial charge in [-0.3, -0.25) is 4.79 Å². The summed E-state index contributed by atoms with van der Waals surface area (Å²) in [6, 6.07) is 0. The minimum atomic E-state index is 0.148. The molecule has 1 aliphatic rings. The first-order valence-electron chi connectivity index (χ1n) is 7.30. The number of nitrogens with one attached hydrogen (secondary N) is 2. The molecule has 106 valence electrons. The number of rotatable bonds is 8. The molecule has 1 rings (SSSR count). The van der Waals surface area contributed by atoms with Gasteiger partial charge < -0.3 is 15.4 Å². The summed E-state index contributed by atoms with van der Waals surface area (Å²) < 4.78 is 5.45. The van der Waals surface area contributed by atoms with E-state index in [0.29, 0.717) is 5.92 Å². The van der Waals surface area contributed by atoms with Gasteiger partial charge in [0.05, 0.1) is 5.92 Å². The molecular weight excluding hydrogens is 228 g/mol. The van der Waals surface area contributed by atoms with Crippen molar-refractivity contribution >= 4 is 5.91 Å². The Morgan fingerprint density at radius 3 is 2.83 bits per heavy atom. The second-order valence-electron chi connectivity index (χ2n) is 5.31. The zero-order valence-electron chi connectivity index (χ0n) is 11.8. The lowest BCUT2D eigenvalue weighted by atomic mass is 9.91. The maximum absolute atomic E-state index is 11.9. The SMILES string of the molecule is CCCCOCCCNC(=O)C1CNCC(C)C1. The summed E-state index contributed by atoms with van der Waals surface area (Å²) >= 11 is 0. The number of hydrogen-bond acceptors (Lipinski definition) is 3. The first-order chi connectivity index (χ1) is 8.74. The van der Waals surface area contributed by atoms with Crippen molar-refractivity contribution in [2.24, 2.45) is 11.8 Å². The third-order valence-corrected chi connectivity index (χ3v) is 3.35. The Morgan fingerprint density at radius 1 is 1.33 bits per heavy atom. The number of carbonyl (C=O) groups is 1. The molecular formula is C14H28N2O2. The van der Waals surface area contributed by atoms with E-state index in [1.807, 2.05) is 0 Å². The van der Waals surface area contributed by atoms with Gasteiger partial charge in [0, 0.05) is 26.3 Å². The van der Waals surface area contributed by atoms with Crippen molar-refractivity contribution in [3.8, 4) is 0 Å². The maximum Gasteiger partial charge on any atom is 0.224 e. The molecule has 2 atom stereocenters. The van der Waals surface area contributed by atoms with Gasteiger partial charge in [0.15, 0.2) is 0 Å². The van der Waals surface area contributed by atoms with E-state index in [9.17, 15) is 4.79 Å². The van der Waals surface area contributed by atoms with E-state index in [4.69, 9.17) is 4.74 Å². The molecule has 0 bridgehead atoms. The van der Waals surface area contributed by atoms with Crippen LogP contribution in [0.3, 0.4) is 0 Å². The van der Waals surface area contributed by atoms with Crippen LogP contribution in [0.1, 0.15) is 39.5 Å². The summed E-state index contributed by atoms with van der Waals surface area (Å²) in [6.45, 7) is 8.53. The molecule has 1 amide bonds. The quantitative estimate of drug-likeness (QED) is 0.648. The van der Waals surface area contributed by atoms with E-state index >= 15 is 0 Å². The number of piperidine rings is 1. The highest BCUT2D eigenvalue weighted by molar-refractivity contribution is 5.78. The van der Waals surface area contributed by atoms with Gasteiger partial charge in [0.25, 0.3) is 0 Å². The third kappa shape index (κ3) is 6.36. The number of ether oxygens (including phenoxy) is 1. The lowest BCUT2D eigenvalue weighted by Gasteiger charge is -2.26. The normalized spacial score (nSPS) is 23.9. The Balaban J connectivity index is 1.99. The van der Waals surface area contributed by atoms with Crippen molar-refractivity contribution in [2.75, 3.05) is 32.8 Å². The number of unbranched alkanes of at least 4 members (excludes halogenated alkanes) is 1. The van der Waals surface area contributed by atoms with Gasteiger partial charge in [0.1, 0.15) is 0 Å². The molecule has 0 aromatic carbocycles. The lowest BCUT2D eigenvalue weighted by molar-refractivity contribution is -0.125. The van der Waals surface area contributed by atoms with E-state index in [-0.39, 0.29) is 11.8 Å². The molecule has 18 heavy (non-hydrogen) atoms. The molecule has 0 spiro atoms. The van der Waals surface area contributed by atoms with Crippen LogP contribution in [0.15, 0.2) is 0 Å². The molecule has 1 fully saturated rings. The first kappa shape index (κ1) is 15.4. The Kier molecular flexibility index (Phi) is 8.01. The molecule has 0 aromatic rings. The molecule has 0 aliphatic carbocycles. The van der Waals surface area contributed by atoms with Crippen LogP contribution in [-0.4, -0.2) is 38.8 Å². The van der Waals surface area contributed by atoms with E-state index in [0.717, 1.165) is 52.1 Å². The van der Waals surface area contributed by atoms with Crippen LogP contribution in [0.5, 0.6) is 0 Å². The first-order valence-corrected chi connectivity index (χ1v) is 7.30. The van der Waals surface area contributed by atoms with Gasteiger partial charge in [-0.2, -0.15) is 0 Å². The van der Waals surface area contributed by atoms with Gasteiger partial charge in [0.2, 0.25) is 5.91 Å². The summed E-state index contributed by atoms with van der Waals surface area (Å²) in [6.07, 6.45) is 4.21. The highest BCUT2D eigenvalue weighted by Gasteiger charge is 2.24. The smallest absolute Gasteiger partial charge is 0.224 e. The predicted molar refractivity (Wildman–Crippen MR) is 73.5 cm³/mol. The van der Waals surface area contributed by atoms with E-state index in [2.05, 4.69) is 24.5 Å². The van der Waals surface area contributed by atoms with Gasteiger partial charge in [-0.05, 0) is 31.7 Å². The number of amides is 1. The Morgan fingerprint density at radius 2 is 2.11 bits per heavy atom. The zero-order chi connectivity index (χ0) is 13.2. The third-order valence-electron chi connectivity index (χ3n) is 3.35. The molecule has 2 unspecified atom stereocenters. The molecule has 0 radical (unpaired) electrons. The summed E-state index contributed by atoms with van der Waals surface area (Å²) in [5, 5.41) is 6.31. The van der Waals surface area contributed by atoms with Crippen molar-refractivity contribution in [1.82, 2.24) is 10.6 Å². The molecule has 0 saturated carbocycles. The molecule has 1 aliphatic heterocycles. The van der Waals surface area contributed by atoms with Gasteiger partial charge in [-0.15, -0.1) is 0 Å². The van der Waals surface area contributed by atoms with Crippen molar-refractivity contribution < 1.29 is 9.53 Å². The van der Waals surface area contributed by atoms with Crippen molar-refractivity contribution in [2.45, 2.75) is 39.5 Å². The van der Waals surface area contributed by atoms with Gasteiger partial charge >= 0.3 is 0 Å². The predicted octanol–water partition coefficient (Wildman–Crippen LogP) is 1.55. The van der Waals surface area contributed by atoms with Crippen LogP contribution in [0.4, 0.5) is 0 Å². The lowest BCUT2D eigenvalue weighted by Crippen LogP contribution is -2.43. The monoisotopic (exact) mass is 256 g/mol. The fraction of sp³-hybridized carbons (Fsp3) is 0.929. The van der Waals surface area contributed by atoms with Crippen molar-refractivity contribution in [3.63, 3.8) is 0 Å². The molecule has 0 aromatic heterocycles. The van der Waals surface area contributed by atoms with Crippen LogP contribution in [-0.2, 0) is 9.53 Å². The van der Waals surface area contributed by atoms with E-state index in [1.165, 1.54) is 6.42 Å². The van der Waals surface area contributed by atoms with E-state index in [1.54, 1.807) is 0 Å². The van der Waals surface area contributed by atoms with Crippen LogP contribution in [0.2, 0.25) is 0 Å². The zero-order valence-corrected chi connectivity index (χ0v) is 11.8. The Labute approximate surface area is 111 Å². The summed E-state index contributed by atoms with van der Waals surface area (Å²) in [5.74, 6) is 0.948. The number of hydrogen-bond donors (Lipinski definition) is 2. The minimum absolute atomic E-state index is 0.148. The molecule has 1 saturated heterocycles. The largest absolute Gasteiger partial charge is 0.381 e. The van der Waals surface area contributed by atoms with Crippen LogP contribution in [0.25, 0.3) is 0 Å². The fourth-order valence-electron chi connectivity index (χ4n) is 2.23. The number of carbonyl (C=O) groups excluding carboxylic acids is 1. The maximum atomic E-state index is 11.9. The average Bonchev–Trinajstić information content (AvgIpc) is 2.37. The summed E-state index contributed by atoms with van der Waals surface area (Å²) in [4.78, 5) is 11.9. The van der Waals surface area contributed by atoms with Crippen molar-refractivity contribution in [1.29, 1.82) is 0 Å². The van der Waals surface area contributed by atoms with Gasteiger partial charge in [-0.1, -0.05) is 20.3 Å². The summed E-state index contributed by atoms with van der Waals surface area (Å²) in [7, 11) is 0. The molecule has 2 N–H and O–H groups in total. The van der Waals surface area contributed by atoms with Crippen LogP contribution in [0, 0.1) is 11.8 Å². The topological polar surface area (TPSA) is 50.4 Å². The van der Waals surface area contributed by atoms with Crippen molar-refractivity contribution in [3.05, 3.63) is 0 Å². The molecule has 4 nitrogen and oxygen atoms in total. The fourth-order valence-corrected chi connectivity index (χ4v) is 2.23. The van der Waals surface area contributed by atoms with E-state index < -0.39 is 0 Å². The Bertz CT molecular complexity index is 234. The van der Waals surface area contributed by atoms with Gasteiger partial charge in [-0.25, -0.2) is 0 Å². The average molecular weight is 256 g/mol. The second-order valence-corrected chi connectivity index (χ2v) is 5.31. The Hall–Kier alpha value is -0.610. The van der Waals surface area contributed by atoms with Crippen LogP contribution < -0.4 is 10.6 Å². The summed E-state index contributed by atoms with van der Waals surface area (Å²) in [5.41, 5.74) is 0. The second kappa shape index (κ2) is 9.34. The molecule has 4 heteroatoms. The standard InChI is InChI=1S/C14H28N2O2/c1-3-4-7-18-8-5-6-16-14(17)13-9-12(2)10-15-11-13/h12-13,15H,3-11H2,1-2H3,(H,16,17). The molecule has 1 heterocycles.